The van der Waals surface area contributed by atoms with Gasteiger partial charge in [-0.15, -0.1) is 0 Å². The first-order chi connectivity index (χ1) is 7.68. The van der Waals surface area contributed by atoms with Gasteiger partial charge in [0.15, 0.2) is 0 Å². The third-order valence-electron chi connectivity index (χ3n) is 3.27. The summed E-state index contributed by atoms with van der Waals surface area (Å²) in [6.45, 7) is 1.35. The summed E-state index contributed by atoms with van der Waals surface area (Å²) in [6, 6.07) is 8.06. The Hall–Kier alpha value is -1.39. The van der Waals surface area contributed by atoms with Crippen LogP contribution in [0.1, 0.15) is 5.69 Å². The number of hydrogen-bond acceptors (Lipinski definition) is 3. The fourth-order valence-electron chi connectivity index (χ4n) is 2.26. The molecular weight excluding hydrogens is 202 g/mol. The molecule has 1 fully saturated rings. The molecule has 1 aliphatic rings. The van der Waals surface area contributed by atoms with Crippen molar-refractivity contribution < 1.29 is 5.11 Å². The summed E-state index contributed by atoms with van der Waals surface area (Å²) in [5.74, 6) is 0. The Kier molecular flexibility index (Phi) is 2.02. The summed E-state index contributed by atoms with van der Waals surface area (Å²) in [5, 5.41) is 18.8. The Labute approximate surface area is 93.9 Å². The second-order valence-corrected chi connectivity index (χ2v) is 4.59. The van der Waals surface area contributed by atoms with Gasteiger partial charge in [-0.05, 0) is 6.07 Å². The van der Waals surface area contributed by atoms with E-state index < -0.39 is 5.60 Å². The molecule has 3 rings (SSSR count). The van der Waals surface area contributed by atoms with E-state index >= 15 is 0 Å². The molecule has 0 bridgehead atoms. The zero-order chi connectivity index (χ0) is 11.2. The normalized spacial score (nSPS) is 18.6. The highest BCUT2D eigenvalue weighted by atomic mass is 16.3. The number of aromatic nitrogens is 2. The molecule has 16 heavy (non-hydrogen) atoms. The summed E-state index contributed by atoms with van der Waals surface area (Å²) in [5.41, 5.74) is 1.52. The molecule has 4 heteroatoms. The van der Waals surface area contributed by atoms with Crippen LogP contribution in [0.3, 0.4) is 0 Å². The fraction of sp³-hybridized carbons (Fsp3) is 0.417. The predicted octanol–water partition coefficient (Wildman–Crippen LogP) is 0.450. The van der Waals surface area contributed by atoms with Crippen LogP contribution in [0.4, 0.5) is 0 Å². The lowest BCUT2D eigenvalue weighted by molar-refractivity contribution is -0.0102. The summed E-state index contributed by atoms with van der Waals surface area (Å²) in [7, 11) is 1.94. The Balaban J connectivity index is 2.05. The van der Waals surface area contributed by atoms with E-state index in [-0.39, 0.29) is 0 Å². The second-order valence-electron chi connectivity index (χ2n) is 4.59. The minimum absolute atomic E-state index is 0.587. The van der Waals surface area contributed by atoms with Crippen LogP contribution in [-0.4, -0.2) is 33.6 Å². The maximum absolute atomic E-state index is 10.2. The van der Waals surface area contributed by atoms with E-state index in [1.54, 1.807) is 0 Å². The van der Waals surface area contributed by atoms with Gasteiger partial charge in [-0.2, -0.15) is 5.10 Å². The van der Waals surface area contributed by atoms with Gasteiger partial charge >= 0.3 is 0 Å². The standard InChI is InChI=1S/C12H15N3O/c1-15-11(6-12(16)7-13-8-12)9-4-2-3-5-10(9)14-15/h2-5,13,16H,6-8H2,1H3. The van der Waals surface area contributed by atoms with Crippen molar-refractivity contribution in [1.82, 2.24) is 15.1 Å². The lowest BCUT2D eigenvalue weighted by Gasteiger charge is -2.37. The molecule has 4 nitrogen and oxygen atoms in total. The van der Waals surface area contributed by atoms with Gasteiger partial charge in [-0.25, -0.2) is 0 Å². The maximum Gasteiger partial charge on any atom is 0.0950 e. The number of nitrogens with one attached hydrogen (secondary N) is 1. The van der Waals surface area contributed by atoms with E-state index in [9.17, 15) is 5.11 Å². The van der Waals surface area contributed by atoms with Crippen molar-refractivity contribution >= 4 is 10.9 Å². The average molecular weight is 217 g/mol. The van der Waals surface area contributed by atoms with E-state index in [1.807, 2.05) is 29.9 Å². The first-order valence-corrected chi connectivity index (χ1v) is 5.52. The molecular formula is C12H15N3O. The Bertz CT molecular complexity index is 528. The van der Waals surface area contributed by atoms with E-state index in [4.69, 9.17) is 0 Å². The molecule has 2 aromatic rings. The summed E-state index contributed by atoms with van der Waals surface area (Å²) in [6.07, 6.45) is 0.664. The molecule has 2 N–H and O–H groups in total. The summed E-state index contributed by atoms with van der Waals surface area (Å²) in [4.78, 5) is 0. The van der Waals surface area contributed by atoms with Crippen molar-refractivity contribution in [3.05, 3.63) is 30.0 Å². The fourth-order valence-corrected chi connectivity index (χ4v) is 2.26. The van der Waals surface area contributed by atoms with E-state index in [0.29, 0.717) is 19.5 Å². The highest BCUT2D eigenvalue weighted by Gasteiger charge is 2.35. The molecule has 84 valence electrons. The molecule has 1 saturated heterocycles. The van der Waals surface area contributed by atoms with Crippen LogP contribution in [-0.2, 0) is 13.5 Å². The Morgan fingerprint density at radius 3 is 2.88 bits per heavy atom. The molecule has 0 radical (unpaired) electrons. The zero-order valence-electron chi connectivity index (χ0n) is 9.27. The van der Waals surface area contributed by atoms with Crippen LogP contribution in [0.2, 0.25) is 0 Å². The largest absolute Gasteiger partial charge is 0.387 e. The lowest BCUT2D eigenvalue weighted by Crippen LogP contribution is -2.60. The highest BCUT2D eigenvalue weighted by Crippen LogP contribution is 2.24. The van der Waals surface area contributed by atoms with Gasteiger partial charge in [0.2, 0.25) is 0 Å². The van der Waals surface area contributed by atoms with Crippen molar-refractivity contribution in [1.29, 1.82) is 0 Å². The number of fused-ring (bicyclic) bond motifs is 1. The molecule has 0 aliphatic carbocycles. The van der Waals surface area contributed by atoms with Crippen molar-refractivity contribution in [3.63, 3.8) is 0 Å². The average Bonchev–Trinajstić information content (AvgIpc) is 2.53. The van der Waals surface area contributed by atoms with Crippen molar-refractivity contribution in [2.75, 3.05) is 13.1 Å². The number of aliphatic hydroxyl groups is 1. The predicted molar refractivity (Wildman–Crippen MR) is 62.2 cm³/mol. The van der Waals surface area contributed by atoms with Gasteiger partial charge in [0.05, 0.1) is 11.1 Å². The van der Waals surface area contributed by atoms with Gasteiger partial charge in [0.25, 0.3) is 0 Å². The molecule has 1 aromatic carbocycles. The van der Waals surface area contributed by atoms with Crippen molar-refractivity contribution in [2.45, 2.75) is 12.0 Å². The third kappa shape index (κ3) is 1.42. The molecule has 2 heterocycles. The number of β-amino-alcohol motifs (C(OH)–C–C–N with tert-alkyl or cyclic N) is 1. The number of hydrogen-bond donors (Lipinski definition) is 2. The highest BCUT2D eigenvalue weighted by molar-refractivity contribution is 5.81. The second kappa shape index (κ2) is 3.30. The topological polar surface area (TPSA) is 50.1 Å². The van der Waals surface area contributed by atoms with Crippen LogP contribution >= 0.6 is 0 Å². The third-order valence-corrected chi connectivity index (χ3v) is 3.27. The monoisotopic (exact) mass is 217 g/mol. The number of aryl methyl sites for hydroxylation is 1. The van der Waals surface area contributed by atoms with Gasteiger partial charge in [0, 0.05) is 37.6 Å². The summed E-state index contributed by atoms with van der Waals surface area (Å²) >= 11 is 0. The molecule has 0 unspecified atom stereocenters. The minimum atomic E-state index is -0.587. The molecule has 0 atom stereocenters. The minimum Gasteiger partial charge on any atom is -0.387 e. The van der Waals surface area contributed by atoms with Gasteiger partial charge in [-0.3, -0.25) is 4.68 Å². The zero-order valence-corrected chi connectivity index (χ0v) is 9.27. The number of nitrogens with zero attached hydrogens (tertiary/aromatic N) is 2. The molecule has 0 amide bonds. The number of rotatable bonds is 2. The Morgan fingerprint density at radius 1 is 1.44 bits per heavy atom. The van der Waals surface area contributed by atoms with E-state index in [1.165, 1.54) is 0 Å². The molecule has 1 aromatic heterocycles. The first-order valence-electron chi connectivity index (χ1n) is 5.52. The lowest BCUT2D eigenvalue weighted by atomic mass is 9.90. The Morgan fingerprint density at radius 2 is 2.19 bits per heavy atom. The van der Waals surface area contributed by atoms with E-state index in [2.05, 4.69) is 16.5 Å². The van der Waals surface area contributed by atoms with Crippen LogP contribution in [0, 0.1) is 0 Å². The number of benzene rings is 1. The van der Waals surface area contributed by atoms with E-state index in [0.717, 1.165) is 16.6 Å². The van der Waals surface area contributed by atoms with Crippen LogP contribution in [0.25, 0.3) is 10.9 Å². The smallest absolute Gasteiger partial charge is 0.0950 e. The van der Waals surface area contributed by atoms with Gasteiger partial charge in [-0.1, -0.05) is 18.2 Å². The van der Waals surface area contributed by atoms with Gasteiger partial charge < -0.3 is 10.4 Å². The van der Waals surface area contributed by atoms with Crippen LogP contribution in [0.15, 0.2) is 24.3 Å². The molecule has 0 spiro atoms. The molecule has 0 saturated carbocycles. The van der Waals surface area contributed by atoms with Crippen LogP contribution in [0.5, 0.6) is 0 Å². The van der Waals surface area contributed by atoms with Crippen LogP contribution < -0.4 is 5.32 Å². The summed E-state index contributed by atoms with van der Waals surface area (Å²) < 4.78 is 1.88. The molecule has 1 aliphatic heterocycles. The first kappa shape index (κ1) is 9.81. The van der Waals surface area contributed by atoms with Crippen molar-refractivity contribution in [2.24, 2.45) is 7.05 Å². The maximum atomic E-state index is 10.2. The quantitative estimate of drug-likeness (QED) is 0.768. The van der Waals surface area contributed by atoms with Crippen molar-refractivity contribution in [3.8, 4) is 0 Å². The SMILES string of the molecule is Cn1nc2ccccc2c1CC1(O)CNC1. The van der Waals surface area contributed by atoms with Gasteiger partial charge in [0.1, 0.15) is 0 Å².